The van der Waals surface area contributed by atoms with E-state index in [1.165, 1.54) is 0 Å². The summed E-state index contributed by atoms with van der Waals surface area (Å²) in [6, 6.07) is 6.89. The lowest BCUT2D eigenvalue weighted by Gasteiger charge is -2.33. The smallest absolute Gasteiger partial charge is 0.321 e. The Hall–Kier alpha value is -2.28. The number of para-hydroxylation sites is 2. The Labute approximate surface area is 140 Å². The first-order valence-electron chi connectivity index (χ1n) is 8.15. The number of hydrogen-bond acceptors (Lipinski definition) is 4. The molecule has 0 saturated carbocycles. The highest BCUT2D eigenvalue weighted by atomic mass is 16.5. The molecule has 0 unspecified atom stereocenters. The molecule has 1 aromatic carbocycles. The summed E-state index contributed by atoms with van der Waals surface area (Å²) in [5.41, 5.74) is -0.408. The van der Waals surface area contributed by atoms with Crippen LogP contribution in [0.15, 0.2) is 24.3 Å². The number of aliphatic carboxylic acids is 1. The molecule has 2 aliphatic heterocycles. The van der Waals surface area contributed by atoms with Crippen LogP contribution in [0, 0.1) is 11.3 Å². The van der Waals surface area contributed by atoms with E-state index in [4.69, 9.17) is 9.47 Å². The van der Waals surface area contributed by atoms with Crippen molar-refractivity contribution in [1.29, 1.82) is 0 Å². The monoisotopic (exact) mass is 334 g/mol. The number of ether oxygens (including phenoxy) is 2. The van der Waals surface area contributed by atoms with Crippen LogP contribution < -0.4 is 10.1 Å². The molecule has 2 fully saturated rings. The van der Waals surface area contributed by atoms with E-state index in [2.05, 4.69) is 5.32 Å². The number of carbonyl (C=O) groups excluding carboxylic acids is 1. The van der Waals surface area contributed by atoms with Crippen molar-refractivity contribution >= 4 is 17.7 Å². The van der Waals surface area contributed by atoms with Crippen LogP contribution in [0.2, 0.25) is 0 Å². The van der Waals surface area contributed by atoms with Crippen LogP contribution in [-0.4, -0.2) is 54.9 Å². The summed E-state index contributed by atoms with van der Waals surface area (Å²) >= 11 is 0. The number of rotatable bonds is 4. The van der Waals surface area contributed by atoms with Gasteiger partial charge in [-0.05, 0) is 31.4 Å². The third-order valence-electron chi connectivity index (χ3n) is 4.81. The van der Waals surface area contributed by atoms with Gasteiger partial charge in [-0.15, -0.1) is 0 Å². The van der Waals surface area contributed by atoms with Gasteiger partial charge in [0, 0.05) is 19.7 Å². The third kappa shape index (κ3) is 2.91. The second-order valence-corrected chi connectivity index (χ2v) is 6.24. The maximum Gasteiger partial charge on any atom is 0.321 e. The fourth-order valence-corrected chi connectivity index (χ4v) is 3.49. The number of fused-ring (bicyclic) bond motifs is 1. The van der Waals surface area contributed by atoms with Crippen LogP contribution >= 0.6 is 0 Å². The first-order chi connectivity index (χ1) is 11.6. The van der Waals surface area contributed by atoms with Gasteiger partial charge in [-0.1, -0.05) is 12.1 Å². The van der Waals surface area contributed by atoms with E-state index in [1.54, 1.807) is 17.0 Å². The Morgan fingerprint density at radius 2 is 2.25 bits per heavy atom. The predicted octanol–water partition coefficient (Wildman–Crippen LogP) is 2.04. The van der Waals surface area contributed by atoms with Gasteiger partial charge in [-0.25, -0.2) is 4.79 Å². The van der Waals surface area contributed by atoms with Crippen LogP contribution in [0.25, 0.3) is 0 Å². The van der Waals surface area contributed by atoms with E-state index in [0.29, 0.717) is 37.6 Å². The lowest BCUT2D eigenvalue weighted by Crippen LogP contribution is -2.46. The van der Waals surface area contributed by atoms with Crippen LogP contribution in [0.3, 0.4) is 0 Å². The minimum absolute atomic E-state index is 0.0726. The Kier molecular flexibility index (Phi) is 4.62. The fraction of sp³-hybridized carbons (Fsp3) is 0.529. The second kappa shape index (κ2) is 6.68. The minimum Gasteiger partial charge on any atom is -0.492 e. The first-order valence-corrected chi connectivity index (χ1v) is 8.15. The molecule has 0 bridgehead atoms. The van der Waals surface area contributed by atoms with Crippen LogP contribution in [0.1, 0.15) is 13.3 Å². The average Bonchev–Trinajstić information content (AvgIpc) is 2.98. The van der Waals surface area contributed by atoms with Crippen LogP contribution in [0.4, 0.5) is 10.5 Å². The molecular formula is C17H22N2O5. The van der Waals surface area contributed by atoms with Gasteiger partial charge in [0.25, 0.3) is 0 Å². The van der Waals surface area contributed by atoms with Gasteiger partial charge in [0.15, 0.2) is 0 Å². The molecule has 2 N–H and O–H groups in total. The number of nitrogens with zero attached hydrogens (tertiary/aromatic N) is 1. The number of nitrogens with one attached hydrogen (secondary N) is 1. The van der Waals surface area contributed by atoms with Crippen molar-refractivity contribution in [2.75, 3.05) is 38.2 Å². The molecule has 0 aliphatic carbocycles. The number of anilines is 1. The van der Waals surface area contributed by atoms with Crippen molar-refractivity contribution in [3.63, 3.8) is 0 Å². The van der Waals surface area contributed by atoms with Gasteiger partial charge in [0.1, 0.15) is 11.2 Å². The molecule has 1 aromatic rings. The Bertz CT molecular complexity index is 635. The zero-order valence-corrected chi connectivity index (χ0v) is 13.7. The third-order valence-corrected chi connectivity index (χ3v) is 4.81. The first kappa shape index (κ1) is 16.6. The van der Waals surface area contributed by atoms with E-state index in [-0.39, 0.29) is 25.1 Å². The zero-order valence-electron chi connectivity index (χ0n) is 13.7. The summed E-state index contributed by atoms with van der Waals surface area (Å²) in [7, 11) is 0. The molecule has 0 spiro atoms. The topological polar surface area (TPSA) is 88.1 Å². The highest BCUT2D eigenvalue weighted by Crippen LogP contribution is 2.42. The Morgan fingerprint density at radius 1 is 1.46 bits per heavy atom. The molecule has 7 nitrogen and oxygen atoms in total. The molecule has 7 heteroatoms. The molecule has 2 atom stereocenters. The van der Waals surface area contributed by atoms with Crippen LogP contribution in [0.5, 0.6) is 5.75 Å². The van der Waals surface area contributed by atoms with Gasteiger partial charge in [0.05, 0.1) is 18.9 Å². The largest absolute Gasteiger partial charge is 0.492 e. The summed E-state index contributed by atoms with van der Waals surface area (Å²) in [5, 5.41) is 12.5. The van der Waals surface area contributed by atoms with Crippen molar-refractivity contribution in [3.05, 3.63) is 24.3 Å². The number of likely N-dealkylation sites (tertiary alicyclic amines) is 1. The van der Waals surface area contributed by atoms with E-state index in [1.807, 2.05) is 19.1 Å². The summed E-state index contributed by atoms with van der Waals surface area (Å²) in [4.78, 5) is 25.9. The summed E-state index contributed by atoms with van der Waals surface area (Å²) in [6.07, 6.45) is 0.658. The number of carbonyl (C=O) groups is 2. The molecule has 2 heterocycles. The summed E-state index contributed by atoms with van der Waals surface area (Å²) < 4.78 is 10.9. The average molecular weight is 334 g/mol. The Morgan fingerprint density at radius 3 is 2.96 bits per heavy atom. The highest BCUT2D eigenvalue weighted by molar-refractivity contribution is 5.92. The number of hydrogen-bond donors (Lipinski definition) is 2. The minimum atomic E-state index is -0.991. The quantitative estimate of drug-likeness (QED) is 0.880. The second-order valence-electron chi connectivity index (χ2n) is 6.24. The van der Waals surface area contributed by atoms with Crippen molar-refractivity contribution < 1.29 is 24.2 Å². The van der Waals surface area contributed by atoms with Gasteiger partial charge >= 0.3 is 12.0 Å². The molecule has 24 heavy (non-hydrogen) atoms. The Balaban J connectivity index is 1.74. The number of amides is 2. The zero-order chi connectivity index (χ0) is 17.2. The van der Waals surface area contributed by atoms with Crippen molar-refractivity contribution in [3.8, 4) is 5.75 Å². The van der Waals surface area contributed by atoms with E-state index in [9.17, 15) is 14.7 Å². The van der Waals surface area contributed by atoms with Gasteiger partial charge in [-0.2, -0.15) is 0 Å². The molecule has 2 amide bonds. The number of carboxylic acid groups (broad SMARTS) is 1. The van der Waals surface area contributed by atoms with Crippen molar-refractivity contribution in [2.24, 2.45) is 11.3 Å². The van der Waals surface area contributed by atoms with Crippen molar-refractivity contribution in [1.82, 2.24) is 4.90 Å². The van der Waals surface area contributed by atoms with E-state index in [0.717, 1.165) is 0 Å². The lowest BCUT2D eigenvalue weighted by molar-refractivity contribution is -0.159. The molecule has 3 rings (SSSR count). The molecule has 2 saturated heterocycles. The van der Waals surface area contributed by atoms with Crippen LogP contribution in [-0.2, 0) is 9.53 Å². The molecule has 130 valence electrons. The van der Waals surface area contributed by atoms with E-state index < -0.39 is 11.4 Å². The number of benzene rings is 1. The van der Waals surface area contributed by atoms with Gasteiger partial charge in [-0.3, -0.25) is 4.79 Å². The molecular weight excluding hydrogens is 312 g/mol. The summed E-state index contributed by atoms with van der Waals surface area (Å²) in [6.45, 7) is 3.67. The van der Waals surface area contributed by atoms with Gasteiger partial charge in [0.2, 0.25) is 0 Å². The summed E-state index contributed by atoms with van der Waals surface area (Å²) in [5.74, 6) is -0.366. The van der Waals surface area contributed by atoms with E-state index >= 15 is 0 Å². The van der Waals surface area contributed by atoms with Gasteiger partial charge < -0.3 is 24.8 Å². The maximum atomic E-state index is 12.6. The predicted molar refractivity (Wildman–Crippen MR) is 87.2 cm³/mol. The van der Waals surface area contributed by atoms with Crippen molar-refractivity contribution in [2.45, 2.75) is 13.3 Å². The molecule has 0 radical (unpaired) electrons. The normalized spacial score (nSPS) is 25.9. The SMILES string of the molecule is CCOc1ccccc1NC(=O)N1C[C@@H]2CCOC[C@]2(C(=O)O)C1. The number of urea groups is 1. The molecule has 2 aliphatic rings. The standard InChI is InChI=1S/C17H22N2O5/c1-2-24-14-6-4-3-5-13(14)18-16(22)19-9-12-7-8-23-11-17(12,10-19)15(20)21/h3-6,12H,2,7-11H2,1H3,(H,18,22)(H,20,21)/t12-,17+/m0/s1. The maximum absolute atomic E-state index is 12.6. The fourth-order valence-electron chi connectivity index (χ4n) is 3.49. The highest BCUT2D eigenvalue weighted by Gasteiger charge is 2.55. The lowest BCUT2D eigenvalue weighted by atomic mass is 9.76. The molecule has 0 aromatic heterocycles. The number of carboxylic acids is 1.